The molecule has 3 heteroatoms. The third-order valence-electron chi connectivity index (χ3n) is 2.04. The highest BCUT2D eigenvalue weighted by Crippen LogP contribution is 2.05. The second-order valence-electron chi connectivity index (χ2n) is 3.46. The van der Waals surface area contributed by atoms with Gasteiger partial charge in [0, 0.05) is 6.92 Å². The molecule has 86 valence electrons. The van der Waals surface area contributed by atoms with E-state index in [2.05, 4.69) is 0 Å². The van der Waals surface area contributed by atoms with E-state index >= 15 is 0 Å². The van der Waals surface area contributed by atoms with E-state index in [0.717, 1.165) is 38.4 Å². The summed E-state index contributed by atoms with van der Waals surface area (Å²) in [6.45, 7) is 1.97. The van der Waals surface area contributed by atoms with Crippen LogP contribution in [0, 0.1) is 0 Å². The fraction of sp³-hybridized carbons (Fsp3) is 0.667. The Hall–Kier alpha value is -1.12. The number of allylic oxidation sites excluding steroid dienone is 2. The summed E-state index contributed by atoms with van der Waals surface area (Å²) in [5, 5.41) is 0. The molecule has 0 bridgehead atoms. The molecule has 0 aliphatic carbocycles. The van der Waals surface area contributed by atoms with Crippen LogP contribution in [0.15, 0.2) is 12.2 Å². The smallest absolute Gasteiger partial charge is 0.302 e. The molecule has 0 saturated carbocycles. The molecule has 0 aliphatic rings. The first-order valence-corrected chi connectivity index (χ1v) is 5.51. The molecule has 0 atom stereocenters. The zero-order valence-corrected chi connectivity index (χ0v) is 9.41. The van der Waals surface area contributed by atoms with Crippen molar-refractivity contribution in [1.29, 1.82) is 0 Å². The van der Waals surface area contributed by atoms with Crippen molar-refractivity contribution in [2.45, 2.75) is 45.4 Å². The number of carbonyl (C=O) groups excluding carboxylic acids is 2. The van der Waals surface area contributed by atoms with Crippen molar-refractivity contribution in [2.24, 2.45) is 0 Å². The fourth-order valence-electron chi connectivity index (χ4n) is 1.26. The highest BCUT2D eigenvalue weighted by Gasteiger charge is 1.93. The summed E-state index contributed by atoms with van der Waals surface area (Å²) in [5.74, 6) is -0.200. The molecule has 0 fully saturated rings. The van der Waals surface area contributed by atoms with Crippen LogP contribution < -0.4 is 0 Å². The second-order valence-corrected chi connectivity index (χ2v) is 3.46. The molecule has 0 aromatic rings. The molecule has 15 heavy (non-hydrogen) atoms. The van der Waals surface area contributed by atoms with E-state index in [0.29, 0.717) is 6.61 Å². The number of esters is 1. The first-order chi connectivity index (χ1) is 7.27. The van der Waals surface area contributed by atoms with Crippen LogP contribution >= 0.6 is 0 Å². The second kappa shape index (κ2) is 11.0. The summed E-state index contributed by atoms with van der Waals surface area (Å²) in [4.78, 5) is 20.4. The van der Waals surface area contributed by atoms with Crippen LogP contribution in [0.1, 0.15) is 45.4 Å². The van der Waals surface area contributed by atoms with Gasteiger partial charge in [-0.05, 0) is 25.3 Å². The predicted molar refractivity (Wildman–Crippen MR) is 59.5 cm³/mol. The quantitative estimate of drug-likeness (QED) is 0.255. The van der Waals surface area contributed by atoms with E-state index in [1.165, 1.54) is 13.3 Å². The molecule has 0 spiro atoms. The Bertz CT molecular complexity index is 197. The van der Waals surface area contributed by atoms with Crippen molar-refractivity contribution in [2.75, 3.05) is 6.61 Å². The maximum atomic E-state index is 10.4. The van der Waals surface area contributed by atoms with E-state index in [9.17, 15) is 9.59 Å². The molecular formula is C12H20O3. The lowest BCUT2D eigenvalue weighted by Gasteiger charge is -2.01. The molecule has 0 N–H and O–H groups in total. The normalized spacial score (nSPS) is 10.5. The first kappa shape index (κ1) is 13.9. The maximum Gasteiger partial charge on any atom is 0.302 e. The van der Waals surface area contributed by atoms with Gasteiger partial charge in [0.2, 0.25) is 0 Å². The lowest BCUT2D eigenvalue weighted by atomic mass is 10.1. The lowest BCUT2D eigenvalue weighted by molar-refractivity contribution is -0.141. The molecule has 0 aliphatic heterocycles. The molecule has 0 unspecified atom stereocenters. The van der Waals surface area contributed by atoms with Gasteiger partial charge in [-0.15, -0.1) is 0 Å². The Labute approximate surface area is 91.5 Å². The number of aldehydes is 1. The van der Waals surface area contributed by atoms with Crippen LogP contribution in [0.25, 0.3) is 0 Å². The topological polar surface area (TPSA) is 43.4 Å². The standard InChI is InChI=1S/C12H20O3/c1-12(14)15-11-9-7-5-3-2-4-6-8-10-13/h6,8,10H,2-5,7,9,11H2,1H3/b8-6+. The van der Waals surface area contributed by atoms with Crippen molar-refractivity contribution < 1.29 is 14.3 Å². The summed E-state index contributed by atoms with van der Waals surface area (Å²) in [5.41, 5.74) is 0. The van der Waals surface area contributed by atoms with Gasteiger partial charge in [-0.3, -0.25) is 9.59 Å². The van der Waals surface area contributed by atoms with Gasteiger partial charge < -0.3 is 4.74 Å². The van der Waals surface area contributed by atoms with E-state index < -0.39 is 0 Å². The Kier molecular flexibility index (Phi) is 10.1. The molecule has 0 rings (SSSR count). The van der Waals surface area contributed by atoms with Gasteiger partial charge in [-0.25, -0.2) is 0 Å². The van der Waals surface area contributed by atoms with Gasteiger partial charge in [-0.1, -0.05) is 25.3 Å². The average Bonchev–Trinajstić information content (AvgIpc) is 2.20. The molecule has 0 heterocycles. The third-order valence-corrected chi connectivity index (χ3v) is 2.04. The number of hydrogen-bond acceptors (Lipinski definition) is 3. The van der Waals surface area contributed by atoms with Crippen LogP contribution in [-0.4, -0.2) is 18.9 Å². The summed E-state index contributed by atoms with van der Waals surface area (Å²) >= 11 is 0. The Morgan fingerprint density at radius 2 is 1.80 bits per heavy atom. The van der Waals surface area contributed by atoms with Crippen molar-refractivity contribution in [3.63, 3.8) is 0 Å². The molecule has 0 amide bonds. The van der Waals surface area contributed by atoms with Crippen LogP contribution in [-0.2, 0) is 14.3 Å². The van der Waals surface area contributed by atoms with Gasteiger partial charge in [0.25, 0.3) is 0 Å². The van der Waals surface area contributed by atoms with Gasteiger partial charge in [0.1, 0.15) is 6.29 Å². The van der Waals surface area contributed by atoms with E-state index in [-0.39, 0.29) is 5.97 Å². The van der Waals surface area contributed by atoms with Crippen molar-refractivity contribution in [3.8, 4) is 0 Å². The van der Waals surface area contributed by atoms with E-state index in [4.69, 9.17) is 4.74 Å². The third kappa shape index (κ3) is 12.9. The first-order valence-electron chi connectivity index (χ1n) is 5.51. The number of hydrogen-bond donors (Lipinski definition) is 0. The minimum atomic E-state index is -0.200. The van der Waals surface area contributed by atoms with E-state index in [1.807, 2.05) is 6.08 Å². The van der Waals surface area contributed by atoms with E-state index in [1.54, 1.807) is 6.08 Å². The monoisotopic (exact) mass is 212 g/mol. The Balaban J connectivity index is 3.01. The summed E-state index contributed by atoms with van der Waals surface area (Å²) in [7, 11) is 0. The molecule has 0 aromatic heterocycles. The minimum Gasteiger partial charge on any atom is -0.466 e. The molecule has 0 aromatic carbocycles. The highest BCUT2D eigenvalue weighted by atomic mass is 16.5. The number of rotatable bonds is 9. The Morgan fingerprint density at radius 1 is 1.13 bits per heavy atom. The van der Waals surface area contributed by atoms with Gasteiger partial charge >= 0.3 is 5.97 Å². The largest absolute Gasteiger partial charge is 0.466 e. The number of unbranched alkanes of at least 4 members (excludes halogenated alkanes) is 5. The van der Waals surface area contributed by atoms with Crippen LogP contribution in [0.4, 0.5) is 0 Å². The van der Waals surface area contributed by atoms with Gasteiger partial charge in [-0.2, -0.15) is 0 Å². The lowest BCUT2D eigenvalue weighted by Crippen LogP contribution is -1.99. The zero-order valence-electron chi connectivity index (χ0n) is 9.41. The number of ether oxygens (including phenoxy) is 1. The van der Waals surface area contributed by atoms with Gasteiger partial charge in [0.05, 0.1) is 6.61 Å². The molecular weight excluding hydrogens is 192 g/mol. The summed E-state index contributed by atoms with van der Waals surface area (Å²) < 4.78 is 4.81. The maximum absolute atomic E-state index is 10.4. The van der Waals surface area contributed by atoms with Crippen LogP contribution in [0.3, 0.4) is 0 Å². The number of carbonyl (C=O) groups is 2. The van der Waals surface area contributed by atoms with Crippen molar-refractivity contribution in [3.05, 3.63) is 12.2 Å². The highest BCUT2D eigenvalue weighted by molar-refractivity contribution is 5.65. The van der Waals surface area contributed by atoms with Crippen molar-refractivity contribution >= 4 is 12.3 Å². The van der Waals surface area contributed by atoms with Crippen molar-refractivity contribution in [1.82, 2.24) is 0 Å². The molecule has 0 radical (unpaired) electrons. The fourth-order valence-corrected chi connectivity index (χ4v) is 1.26. The molecule has 3 nitrogen and oxygen atoms in total. The van der Waals surface area contributed by atoms with Crippen LogP contribution in [0.2, 0.25) is 0 Å². The van der Waals surface area contributed by atoms with Gasteiger partial charge in [0.15, 0.2) is 0 Å². The zero-order chi connectivity index (χ0) is 11.4. The Morgan fingerprint density at radius 3 is 2.47 bits per heavy atom. The minimum absolute atomic E-state index is 0.200. The average molecular weight is 212 g/mol. The summed E-state index contributed by atoms with van der Waals surface area (Å²) in [6.07, 6.45) is 10.7. The predicted octanol–water partition coefficient (Wildman–Crippen LogP) is 2.65. The van der Waals surface area contributed by atoms with Crippen LogP contribution in [0.5, 0.6) is 0 Å². The molecule has 0 saturated heterocycles. The summed E-state index contributed by atoms with van der Waals surface area (Å²) in [6, 6.07) is 0. The SMILES string of the molecule is CC(=O)OCCCCCCC/C=C/C=O.